The molecular weight excluding hydrogens is 187 g/mol. The van der Waals surface area contributed by atoms with Crippen LogP contribution in [-0.4, -0.2) is 17.1 Å². The number of Topliss-reactive ketones (excluding diaryl/α,β-unsaturated/α-hetero) is 1. The van der Waals surface area contributed by atoms with Crippen LogP contribution in [-0.2, 0) is 11.2 Å². The molecule has 0 N–H and O–H groups in total. The molecule has 0 aliphatic heterocycles. The summed E-state index contributed by atoms with van der Waals surface area (Å²) in [5, 5.41) is 3.26. The molecule has 13 heavy (non-hydrogen) atoms. The number of hydrogen-bond donors (Lipinski definition) is 0. The fraction of sp³-hybridized carbons (Fsp3) is 0.429. The molecule has 0 aliphatic rings. The van der Waals surface area contributed by atoms with E-state index in [1.807, 2.05) is 0 Å². The smallest absolute Gasteiger partial charge is 0.361 e. The summed E-state index contributed by atoms with van der Waals surface area (Å²) < 4.78 is 39.8. The molecule has 3 nitrogen and oxygen atoms in total. The van der Waals surface area contributed by atoms with Gasteiger partial charge in [-0.3, -0.25) is 4.79 Å². The Balaban J connectivity index is 2.71. The van der Waals surface area contributed by atoms with E-state index in [1.54, 1.807) is 0 Å². The third kappa shape index (κ3) is 2.30. The molecule has 1 aromatic rings. The van der Waals surface area contributed by atoms with Crippen molar-refractivity contribution in [2.45, 2.75) is 19.5 Å². The van der Waals surface area contributed by atoms with E-state index in [4.69, 9.17) is 0 Å². The zero-order valence-electron chi connectivity index (χ0n) is 6.68. The Morgan fingerprint density at radius 1 is 1.62 bits per heavy atom. The highest BCUT2D eigenvalue weighted by Gasteiger charge is 2.38. The second kappa shape index (κ2) is 3.20. The Morgan fingerprint density at radius 2 is 2.23 bits per heavy atom. The first-order valence-electron chi connectivity index (χ1n) is 3.41. The van der Waals surface area contributed by atoms with Crippen molar-refractivity contribution in [1.82, 2.24) is 5.16 Å². The molecule has 0 spiro atoms. The maximum absolute atomic E-state index is 11.8. The minimum absolute atomic E-state index is 0.169. The average molecular weight is 193 g/mol. The Hall–Kier alpha value is -1.33. The molecule has 0 atom stereocenters. The van der Waals surface area contributed by atoms with Crippen molar-refractivity contribution >= 4 is 5.78 Å². The van der Waals surface area contributed by atoms with E-state index in [1.165, 1.54) is 6.92 Å². The summed E-state index contributed by atoms with van der Waals surface area (Å²) in [6, 6.07) is 0. The van der Waals surface area contributed by atoms with E-state index < -0.39 is 18.4 Å². The summed E-state index contributed by atoms with van der Waals surface area (Å²) in [7, 11) is 0. The normalized spacial score (nSPS) is 11.7. The number of hydrogen-bond acceptors (Lipinski definition) is 3. The number of rotatable bonds is 2. The van der Waals surface area contributed by atoms with Gasteiger partial charge < -0.3 is 4.52 Å². The van der Waals surface area contributed by atoms with Crippen molar-refractivity contribution in [2.75, 3.05) is 0 Å². The minimum Gasteiger partial charge on any atom is -0.361 e. The molecule has 0 unspecified atom stereocenters. The van der Waals surface area contributed by atoms with Crippen LogP contribution >= 0.6 is 0 Å². The maximum Gasteiger partial charge on any atom is 0.450 e. The Bertz CT molecular complexity index is 316. The number of nitrogens with zero attached hydrogens (tertiary/aromatic N) is 1. The van der Waals surface area contributed by atoms with Gasteiger partial charge in [0.1, 0.15) is 5.76 Å². The summed E-state index contributed by atoms with van der Waals surface area (Å²) >= 11 is 0. The first-order valence-corrected chi connectivity index (χ1v) is 3.41. The molecule has 1 aromatic heterocycles. The molecule has 72 valence electrons. The molecule has 0 aromatic carbocycles. The van der Waals surface area contributed by atoms with Gasteiger partial charge in [-0.15, -0.1) is 0 Å². The van der Waals surface area contributed by atoms with Gasteiger partial charge in [0, 0.05) is 12.0 Å². The van der Waals surface area contributed by atoms with Crippen LogP contribution in [0.4, 0.5) is 13.2 Å². The molecule has 0 saturated heterocycles. The lowest BCUT2D eigenvalue weighted by Gasteiger charge is -2.02. The van der Waals surface area contributed by atoms with E-state index in [9.17, 15) is 18.0 Å². The second-order valence-corrected chi connectivity index (χ2v) is 2.50. The van der Waals surface area contributed by atoms with Gasteiger partial charge in [0.2, 0.25) is 5.78 Å². The van der Waals surface area contributed by atoms with Crippen molar-refractivity contribution in [2.24, 2.45) is 0 Å². The highest BCUT2D eigenvalue weighted by atomic mass is 19.4. The molecule has 1 heterocycles. The standard InChI is InChI=1S/C7H6F3NO2/c1-4-5(3-11-13-4)2-6(12)7(8,9)10/h3H,2H2,1H3. The van der Waals surface area contributed by atoms with Gasteiger partial charge in [0.15, 0.2) is 0 Å². The number of aromatic nitrogens is 1. The lowest BCUT2D eigenvalue weighted by Crippen LogP contribution is -2.24. The van der Waals surface area contributed by atoms with Crippen LogP contribution in [0, 0.1) is 6.92 Å². The number of ketones is 1. The Morgan fingerprint density at radius 3 is 2.62 bits per heavy atom. The monoisotopic (exact) mass is 193 g/mol. The highest BCUT2D eigenvalue weighted by Crippen LogP contribution is 2.19. The fourth-order valence-electron chi connectivity index (χ4n) is 0.762. The largest absolute Gasteiger partial charge is 0.450 e. The predicted octanol–water partition coefficient (Wildman–Crippen LogP) is 1.66. The maximum atomic E-state index is 11.8. The molecule has 6 heteroatoms. The van der Waals surface area contributed by atoms with Gasteiger partial charge in [0.05, 0.1) is 6.20 Å². The van der Waals surface area contributed by atoms with E-state index in [0.717, 1.165) is 6.20 Å². The van der Waals surface area contributed by atoms with E-state index in [2.05, 4.69) is 9.68 Å². The van der Waals surface area contributed by atoms with Gasteiger partial charge in [-0.2, -0.15) is 13.2 Å². The molecule has 0 saturated carbocycles. The summed E-state index contributed by atoms with van der Waals surface area (Å²) in [5.74, 6) is -1.56. The lowest BCUT2D eigenvalue weighted by molar-refractivity contribution is -0.170. The third-order valence-corrected chi connectivity index (χ3v) is 1.52. The zero-order valence-corrected chi connectivity index (χ0v) is 6.68. The van der Waals surface area contributed by atoms with Crippen molar-refractivity contribution in [3.8, 4) is 0 Å². The van der Waals surface area contributed by atoms with Crippen molar-refractivity contribution in [3.05, 3.63) is 17.5 Å². The van der Waals surface area contributed by atoms with Gasteiger partial charge in [-0.25, -0.2) is 0 Å². The molecule has 1 rings (SSSR count). The lowest BCUT2D eigenvalue weighted by atomic mass is 10.1. The SMILES string of the molecule is Cc1oncc1CC(=O)C(F)(F)F. The molecular formula is C7H6F3NO2. The van der Waals surface area contributed by atoms with Crippen LogP contribution < -0.4 is 0 Å². The van der Waals surface area contributed by atoms with Crippen LogP contribution in [0.5, 0.6) is 0 Å². The van der Waals surface area contributed by atoms with Crippen LogP contribution in [0.25, 0.3) is 0 Å². The first-order chi connectivity index (χ1) is 5.91. The van der Waals surface area contributed by atoms with Crippen LogP contribution in [0.3, 0.4) is 0 Å². The zero-order chi connectivity index (χ0) is 10.1. The Labute approximate surface area is 71.5 Å². The van der Waals surface area contributed by atoms with Gasteiger partial charge in [-0.05, 0) is 6.92 Å². The topological polar surface area (TPSA) is 43.1 Å². The number of alkyl halides is 3. The van der Waals surface area contributed by atoms with Crippen molar-refractivity contribution < 1.29 is 22.5 Å². The average Bonchev–Trinajstić information content (AvgIpc) is 2.34. The van der Waals surface area contributed by atoms with E-state index in [-0.39, 0.29) is 11.3 Å². The van der Waals surface area contributed by atoms with Crippen LogP contribution in [0.15, 0.2) is 10.7 Å². The van der Waals surface area contributed by atoms with Crippen LogP contribution in [0.2, 0.25) is 0 Å². The highest BCUT2D eigenvalue weighted by molar-refractivity contribution is 5.86. The molecule has 0 aliphatic carbocycles. The number of carbonyl (C=O) groups is 1. The first kappa shape index (κ1) is 9.76. The quantitative estimate of drug-likeness (QED) is 0.717. The number of aryl methyl sites for hydroxylation is 1. The predicted molar refractivity (Wildman–Crippen MR) is 36.0 cm³/mol. The summed E-state index contributed by atoms with van der Waals surface area (Å²) in [6.45, 7) is 1.45. The minimum atomic E-state index is -4.79. The van der Waals surface area contributed by atoms with Crippen LogP contribution in [0.1, 0.15) is 11.3 Å². The summed E-state index contributed by atoms with van der Waals surface area (Å²) in [4.78, 5) is 10.5. The molecule has 0 radical (unpaired) electrons. The molecule has 0 fully saturated rings. The second-order valence-electron chi connectivity index (χ2n) is 2.50. The van der Waals surface area contributed by atoms with E-state index in [0.29, 0.717) is 0 Å². The van der Waals surface area contributed by atoms with E-state index >= 15 is 0 Å². The van der Waals surface area contributed by atoms with Gasteiger partial charge in [0.25, 0.3) is 0 Å². The number of halogens is 3. The summed E-state index contributed by atoms with van der Waals surface area (Å²) in [6.07, 6.45) is -4.39. The number of carbonyl (C=O) groups excluding carboxylic acids is 1. The molecule has 0 bridgehead atoms. The summed E-state index contributed by atoms with van der Waals surface area (Å²) in [5.41, 5.74) is 0.169. The van der Waals surface area contributed by atoms with Gasteiger partial charge >= 0.3 is 6.18 Å². The van der Waals surface area contributed by atoms with Crippen molar-refractivity contribution in [1.29, 1.82) is 0 Å². The fourth-order valence-corrected chi connectivity index (χ4v) is 0.762. The van der Waals surface area contributed by atoms with Gasteiger partial charge in [-0.1, -0.05) is 5.16 Å². The van der Waals surface area contributed by atoms with Crippen molar-refractivity contribution in [3.63, 3.8) is 0 Å². The Kier molecular flexibility index (Phi) is 2.40. The third-order valence-electron chi connectivity index (χ3n) is 1.52. The molecule has 0 amide bonds.